The van der Waals surface area contributed by atoms with Crippen LogP contribution >= 0.6 is 0 Å². The van der Waals surface area contributed by atoms with Crippen molar-refractivity contribution in [1.82, 2.24) is 9.55 Å². The van der Waals surface area contributed by atoms with Crippen molar-refractivity contribution in [3.63, 3.8) is 0 Å². The Kier molecular flexibility index (Phi) is 2.72. The number of benzene rings is 1. The van der Waals surface area contributed by atoms with Gasteiger partial charge in [0.15, 0.2) is 0 Å². The molecule has 0 radical (unpaired) electrons. The second-order valence-corrected chi connectivity index (χ2v) is 3.45. The van der Waals surface area contributed by atoms with Crippen LogP contribution in [0.1, 0.15) is 12.5 Å². The number of hydrogen-bond donors (Lipinski definition) is 1. The van der Waals surface area contributed by atoms with Gasteiger partial charge in [0, 0.05) is 12.6 Å². The van der Waals surface area contributed by atoms with Gasteiger partial charge in [0.1, 0.15) is 0 Å². The maximum absolute atomic E-state index is 10.4. The summed E-state index contributed by atoms with van der Waals surface area (Å²) in [5, 5.41) is 8.54. The topological polar surface area (TPSA) is 55.1 Å². The minimum atomic E-state index is -0.941. The zero-order valence-electron chi connectivity index (χ0n) is 8.92. The normalized spacial score (nSPS) is 11.3. The number of aryl methyl sites for hydroxylation is 1. The molecule has 4 heteroatoms. The first-order valence-corrected chi connectivity index (χ1v) is 5.06. The van der Waals surface area contributed by atoms with Gasteiger partial charge in [0.25, 0.3) is 0 Å². The molecule has 0 amide bonds. The third-order valence-corrected chi connectivity index (χ3v) is 2.40. The van der Waals surface area contributed by atoms with Gasteiger partial charge in [-0.3, -0.25) is 0 Å². The molecule has 16 heavy (non-hydrogen) atoms. The fourth-order valence-corrected chi connectivity index (χ4v) is 1.60. The number of nitrogens with zero attached hydrogens (tertiary/aromatic N) is 2. The smallest absolute Gasteiger partial charge is 0.328 e. The summed E-state index contributed by atoms with van der Waals surface area (Å²) in [5.41, 5.74) is 2.81. The summed E-state index contributed by atoms with van der Waals surface area (Å²) >= 11 is 0. The second kappa shape index (κ2) is 4.18. The van der Waals surface area contributed by atoms with E-state index in [0.717, 1.165) is 29.2 Å². The molecule has 82 valence electrons. The van der Waals surface area contributed by atoms with Gasteiger partial charge in [-0.1, -0.05) is 6.07 Å². The molecular formula is C12H12N2O2. The first kappa shape index (κ1) is 10.4. The highest BCUT2D eigenvalue weighted by atomic mass is 16.4. The standard InChI is InChI=1S/C12H12N2O2/c1-2-14-8-13-10-5-3-9(7-11(10)14)4-6-12(15)16/h3-8H,2H2,1H3,(H,15,16)/b6-4+. The van der Waals surface area contributed by atoms with Crippen LogP contribution in [-0.4, -0.2) is 20.6 Å². The van der Waals surface area contributed by atoms with E-state index < -0.39 is 5.97 Å². The Morgan fingerprint density at radius 3 is 3.06 bits per heavy atom. The number of carbonyl (C=O) groups is 1. The molecule has 2 aromatic rings. The predicted octanol–water partition coefficient (Wildman–Crippen LogP) is 2.15. The van der Waals surface area contributed by atoms with Gasteiger partial charge in [-0.15, -0.1) is 0 Å². The first-order chi connectivity index (χ1) is 7.70. The van der Waals surface area contributed by atoms with Crippen molar-refractivity contribution in [2.75, 3.05) is 0 Å². The summed E-state index contributed by atoms with van der Waals surface area (Å²) in [5.74, 6) is -0.941. The zero-order valence-corrected chi connectivity index (χ0v) is 8.92. The van der Waals surface area contributed by atoms with Crippen LogP contribution < -0.4 is 0 Å². The number of fused-ring (bicyclic) bond motifs is 1. The number of aromatic nitrogens is 2. The zero-order chi connectivity index (χ0) is 11.5. The molecule has 0 bridgehead atoms. The van der Waals surface area contributed by atoms with E-state index >= 15 is 0 Å². The van der Waals surface area contributed by atoms with Crippen LogP contribution in [0.4, 0.5) is 0 Å². The first-order valence-electron chi connectivity index (χ1n) is 5.06. The van der Waals surface area contributed by atoms with Crippen LogP contribution in [-0.2, 0) is 11.3 Å². The van der Waals surface area contributed by atoms with Crippen LogP contribution in [0.2, 0.25) is 0 Å². The lowest BCUT2D eigenvalue weighted by atomic mass is 10.2. The van der Waals surface area contributed by atoms with Gasteiger partial charge < -0.3 is 9.67 Å². The van der Waals surface area contributed by atoms with E-state index in [2.05, 4.69) is 4.98 Å². The van der Waals surface area contributed by atoms with Gasteiger partial charge in [0.05, 0.1) is 17.4 Å². The Hall–Kier alpha value is -2.10. The van der Waals surface area contributed by atoms with Crippen LogP contribution in [0.5, 0.6) is 0 Å². The van der Waals surface area contributed by atoms with Crippen LogP contribution in [0, 0.1) is 0 Å². The lowest BCUT2D eigenvalue weighted by Crippen LogP contribution is -1.91. The van der Waals surface area contributed by atoms with Crippen LogP contribution in [0.3, 0.4) is 0 Å². The Labute approximate surface area is 92.8 Å². The van der Waals surface area contributed by atoms with Gasteiger partial charge in [-0.05, 0) is 30.7 Å². The summed E-state index contributed by atoms with van der Waals surface area (Å²) in [6.07, 6.45) is 4.50. The third-order valence-electron chi connectivity index (χ3n) is 2.40. The molecule has 4 nitrogen and oxygen atoms in total. The average molecular weight is 216 g/mol. The van der Waals surface area contributed by atoms with Crippen molar-refractivity contribution in [2.45, 2.75) is 13.5 Å². The fourth-order valence-electron chi connectivity index (χ4n) is 1.60. The van der Waals surface area contributed by atoms with E-state index in [1.54, 1.807) is 12.4 Å². The number of carboxylic acid groups (broad SMARTS) is 1. The average Bonchev–Trinajstić information content (AvgIpc) is 2.68. The molecule has 0 aliphatic carbocycles. The molecule has 1 N–H and O–H groups in total. The lowest BCUT2D eigenvalue weighted by molar-refractivity contribution is -0.131. The van der Waals surface area contributed by atoms with E-state index in [1.165, 1.54) is 0 Å². The van der Waals surface area contributed by atoms with E-state index in [4.69, 9.17) is 5.11 Å². The molecular weight excluding hydrogens is 204 g/mol. The molecule has 0 saturated carbocycles. The SMILES string of the molecule is CCn1cnc2ccc(/C=C/C(=O)O)cc21. The van der Waals surface area contributed by atoms with Crippen molar-refractivity contribution in [2.24, 2.45) is 0 Å². The van der Waals surface area contributed by atoms with Crippen molar-refractivity contribution >= 4 is 23.1 Å². The van der Waals surface area contributed by atoms with E-state index in [0.29, 0.717) is 0 Å². The molecule has 0 atom stereocenters. The molecule has 0 unspecified atom stereocenters. The van der Waals surface area contributed by atoms with Crippen LogP contribution in [0.25, 0.3) is 17.1 Å². The third kappa shape index (κ3) is 1.95. The number of aliphatic carboxylic acids is 1. The predicted molar refractivity (Wildman–Crippen MR) is 62.1 cm³/mol. The number of hydrogen-bond acceptors (Lipinski definition) is 2. The molecule has 0 aliphatic rings. The summed E-state index contributed by atoms with van der Waals surface area (Å²) in [6.45, 7) is 2.89. The quantitative estimate of drug-likeness (QED) is 0.800. The van der Waals surface area contributed by atoms with Crippen molar-refractivity contribution in [1.29, 1.82) is 0 Å². The lowest BCUT2D eigenvalue weighted by Gasteiger charge is -1.99. The number of imidazole rings is 1. The molecule has 1 aromatic carbocycles. The molecule has 0 aliphatic heterocycles. The highest BCUT2D eigenvalue weighted by molar-refractivity contribution is 5.86. The van der Waals surface area contributed by atoms with Gasteiger partial charge in [-0.2, -0.15) is 0 Å². The van der Waals surface area contributed by atoms with Gasteiger partial charge >= 0.3 is 5.97 Å². The minimum Gasteiger partial charge on any atom is -0.478 e. The summed E-state index contributed by atoms with van der Waals surface area (Å²) in [7, 11) is 0. The second-order valence-electron chi connectivity index (χ2n) is 3.45. The van der Waals surface area contributed by atoms with E-state index in [1.807, 2.05) is 29.7 Å². The Morgan fingerprint density at radius 1 is 1.56 bits per heavy atom. The fraction of sp³-hybridized carbons (Fsp3) is 0.167. The largest absolute Gasteiger partial charge is 0.478 e. The van der Waals surface area contributed by atoms with Crippen molar-refractivity contribution in [3.05, 3.63) is 36.2 Å². The summed E-state index contributed by atoms with van der Waals surface area (Å²) < 4.78 is 2.02. The molecule has 0 fully saturated rings. The van der Waals surface area contributed by atoms with Crippen molar-refractivity contribution in [3.8, 4) is 0 Å². The molecule has 1 aromatic heterocycles. The summed E-state index contributed by atoms with van der Waals surface area (Å²) in [4.78, 5) is 14.7. The Balaban J connectivity index is 2.45. The number of carboxylic acids is 1. The Bertz CT molecular complexity index is 555. The molecule has 2 rings (SSSR count). The minimum absolute atomic E-state index is 0.850. The monoisotopic (exact) mass is 216 g/mol. The van der Waals surface area contributed by atoms with Crippen LogP contribution in [0.15, 0.2) is 30.6 Å². The van der Waals surface area contributed by atoms with Gasteiger partial charge in [0.2, 0.25) is 0 Å². The highest BCUT2D eigenvalue weighted by Crippen LogP contribution is 2.15. The summed E-state index contributed by atoms with van der Waals surface area (Å²) in [6, 6.07) is 5.68. The molecule has 0 saturated heterocycles. The molecule has 1 heterocycles. The maximum atomic E-state index is 10.4. The highest BCUT2D eigenvalue weighted by Gasteiger charge is 2.01. The Morgan fingerprint density at radius 2 is 2.38 bits per heavy atom. The van der Waals surface area contributed by atoms with E-state index in [9.17, 15) is 4.79 Å². The van der Waals surface area contributed by atoms with Gasteiger partial charge in [-0.25, -0.2) is 9.78 Å². The van der Waals surface area contributed by atoms with Crippen molar-refractivity contribution < 1.29 is 9.90 Å². The molecule has 0 spiro atoms. The van der Waals surface area contributed by atoms with E-state index in [-0.39, 0.29) is 0 Å². The number of rotatable bonds is 3. The maximum Gasteiger partial charge on any atom is 0.328 e.